The Bertz CT molecular complexity index is 940. The maximum Gasteiger partial charge on any atom is 0.340 e. The van der Waals surface area contributed by atoms with Crippen LogP contribution < -0.4 is 14.8 Å². The van der Waals surface area contributed by atoms with Gasteiger partial charge in [-0.15, -0.1) is 0 Å². The number of benzene rings is 1. The summed E-state index contributed by atoms with van der Waals surface area (Å²) in [7, 11) is 4.05. The highest BCUT2D eigenvalue weighted by atomic mass is 16.5. The number of esters is 1. The lowest BCUT2D eigenvalue weighted by molar-refractivity contribution is -0.143. The number of amides is 3. The average molecular weight is 414 g/mol. The van der Waals surface area contributed by atoms with Crippen molar-refractivity contribution >= 4 is 29.4 Å². The zero-order valence-electron chi connectivity index (χ0n) is 16.8. The van der Waals surface area contributed by atoms with Crippen molar-refractivity contribution in [3.05, 3.63) is 29.8 Å². The molecular formula is C21H22N2O7. The minimum Gasteiger partial charge on any atom is -0.493 e. The number of rotatable bonds is 6. The summed E-state index contributed by atoms with van der Waals surface area (Å²) in [5, 5.41) is 2.59. The topological polar surface area (TPSA) is 111 Å². The molecule has 0 unspecified atom stereocenters. The number of fused-ring (bicyclic) bond motifs is 5. The molecule has 0 radical (unpaired) electrons. The number of nitrogens with one attached hydrogen (secondary N) is 1. The summed E-state index contributed by atoms with van der Waals surface area (Å²) >= 11 is 0. The van der Waals surface area contributed by atoms with Gasteiger partial charge in [0, 0.05) is 12.1 Å². The average Bonchev–Trinajstić information content (AvgIpc) is 3.43. The lowest BCUT2D eigenvalue weighted by atomic mass is 9.85. The molecule has 2 fully saturated rings. The standard InChI is InChI=1S/C21H22N2O7/c1-28-14-7-12(21(27)30-3)13(8-15(14)29-2)22-16(24)9-23-19(25)17-10-4-5-11(6-10)18(17)20(23)26/h4-5,7-8,10-11,17-18H,6,9H2,1-3H3,(H,22,24)/t10-,11-,17+,18+/m1/s1. The fraction of sp³-hybridized carbons (Fsp3) is 0.429. The highest BCUT2D eigenvalue weighted by molar-refractivity contribution is 6.10. The molecule has 2 aliphatic carbocycles. The lowest BCUT2D eigenvalue weighted by Gasteiger charge is -2.18. The van der Waals surface area contributed by atoms with Crippen LogP contribution in [0.5, 0.6) is 11.5 Å². The Morgan fingerprint density at radius 2 is 1.57 bits per heavy atom. The van der Waals surface area contributed by atoms with Gasteiger partial charge in [-0.05, 0) is 18.3 Å². The van der Waals surface area contributed by atoms with Crippen LogP contribution in [0.15, 0.2) is 24.3 Å². The van der Waals surface area contributed by atoms with Crippen LogP contribution in [0.4, 0.5) is 5.69 Å². The maximum atomic E-state index is 12.8. The van der Waals surface area contributed by atoms with Gasteiger partial charge in [-0.1, -0.05) is 12.2 Å². The molecule has 1 saturated carbocycles. The van der Waals surface area contributed by atoms with Gasteiger partial charge in [0.2, 0.25) is 17.7 Å². The smallest absolute Gasteiger partial charge is 0.340 e. The van der Waals surface area contributed by atoms with E-state index in [1.807, 2.05) is 12.2 Å². The van der Waals surface area contributed by atoms with Crippen LogP contribution in [-0.2, 0) is 19.1 Å². The monoisotopic (exact) mass is 414 g/mol. The first-order valence-electron chi connectivity index (χ1n) is 9.57. The number of carbonyl (C=O) groups excluding carboxylic acids is 4. The van der Waals surface area contributed by atoms with E-state index in [2.05, 4.69) is 5.32 Å². The van der Waals surface area contributed by atoms with Crippen LogP contribution in [0.1, 0.15) is 16.8 Å². The molecule has 1 aromatic carbocycles. The number of nitrogens with zero attached hydrogens (tertiary/aromatic N) is 1. The van der Waals surface area contributed by atoms with Gasteiger partial charge >= 0.3 is 5.97 Å². The maximum absolute atomic E-state index is 12.8. The SMILES string of the molecule is COC(=O)c1cc(OC)c(OC)cc1NC(=O)CN1C(=O)[C@@H]2[C@@H](C1=O)[C@@H]1C=C[C@@H]2C1. The molecule has 158 valence electrons. The van der Waals surface area contributed by atoms with Crippen molar-refractivity contribution in [2.45, 2.75) is 6.42 Å². The Balaban J connectivity index is 1.54. The van der Waals surface area contributed by atoms with Crippen molar-refractivity contribution in [3.63, 3.8) is 0 Å². The Morgan fingerprint density at radius 3 is 2.10 bits per heavy atom. The van der Waals surface area contributed by atoms with E-state index in [0.29, 0.717) is 5.75 Å². The number of anilines is 1. The predicted octanol–water partition coefficient (Wildman–Crippen LogP) is 1.24. The summed E-state index contributed by atoms with van der Waals surface area (Å²) in [5.41, 5.74) is 0.187. The van der Waals surface area contributed by atoms with E-state index in [-0.39, 0.29) is 52.5 Å². The van der Waals surface area contributed by atoms with Crippen LogP contribution >= 0.6 is 0 Å². The first kappa shape index (κ1) is 19.9. The molecule has 1 saturated heterocycles. The number of hydrogen-bond donors (Lipinski definition) is 1. The van der Waals surface area contributed by atoms with Crippen molar-refractivity contribution in [3.8, 4) is 11.5 Å². The van der Waals surface area contributed by atoms with Crippen LogP contribution in [0.25, 0.3) is 0 Å². The molecule has 1 N–H and O–H groups in total. The third-order valence-electron chi connectivity index (χ3n) is 6.07. The number of allylic oxidation sites excluding steroid dienone is 2. The number of carbonyl (C=O) groups is 4. The van der Waals surface area contributed by atoms with Crippen molar-refractivity contribution in [2.75, 3.05) is 33.2 Å². The van der Waals surface area contributed by atoms with Crippen LogP contribution in [0.3, 0.4) is 0 Å². The molecule has 9 heteroatoms. The van der Waals surface area contributed by atoms with Crippen molar-refractivity contribution in [1.29, 1.82) is 0 Å². The minimum absolute atomic E-state index is 0.0571. The number of hydrogen-bond acceptors (Lipinski definition) is 7. The van der Waals surface area contributed by atoms with Gasteiger partial charge in [0.05, 0.1) is 44.4 Å². The van der Waals surface area contributed by atoms with Gasteiger partial charge < -0.3 is 19.5 Å². The molecule has 30 heavy (non-hydrogen) atoms. The molecule has 0 aromatic heterocycles. The van der Waals surface area contributed by atoms with E-state index in [9.17, 15) is 19.2 Å². The van der Waals surface area contributed by atoms with Crippen LogP contribution in [-0.4, -0.2) is 56.5 Å². The summed E-state index contributed by atoms with van der Waals surface area (Å²) in [6.45, 7) is -0.418. The number of ether oxygens (including phenoxy) is 3. The summed E-state index contributed by atoms with van der Waals surface area (Å²) in [6, 6.07) is 2.82. The second-order valence-electron chi connectivity index (χ2n) is 7.56. The largest absolute Gasteiger partial charge is 0.493 e. The van der Waals surface area contributed by atoms with Crippen molar-refractivity contribution < 1.29 is 33.4 Å². The molecule has 3 aliphatic rings. The normalized spacial score (nSPS) is 26.0. The van der Waals surface area contributed by atoms with Gasteiger partial charge in [-0.2, -0.15) is 0 Å². The Labute approximate surface area is 172 Å². The van der Waals surface area contributed by atoms with Crippen molar-refractivity contribution in [2.24, 2.45) is 23.7 Å². The highest BCUT2D eigenvalue weighted by Crippen LogP contribution is 2.52. The summed E-state index contributed by atoms with van der Waals surface area (Å²) in [5.74, 6) is -1.91. The molecule has 4 rings (SSSR count). The Kier molecular flexibility index (Phi) is 4.97. The quantitative estimate of drug-likeness (QED) is 0.423. The highest BCUT2D eigenvalue weighted by Gasteiger charge is 2.59. The zero-order valence-corrected chi connectivity index (χ0v) is 16.8. The molecule has 3 amide bonds. The number of methoxy groups -OCH3 is 3. The molecular weight excluding hydrogens is 392 g/mol. The minimum atomic E-state index is -0.684. The molecule has 0 spiro atoms. The Morgan fingerprint density at radius 1 is 1.00 bits per heavy atom. The zero-order chi connectivity index (χ0) is 21.6. The van der Waals surface area contributed by atoms with Gasteiger partial charge in [0.15, 0.2) is 11.5 Å². The molecule has 9 nitrogen and oxygen atoms in total. The van der Waals surface area contributed by atoms with Crippen LogP contribution in [0, 0.1) is 23.7 Å². The molecule has 4 atom stereocenters. The molecule has 2 bridgehead atoms. The van der Waals surface area contributed by atoms with Gasteiger partial charge in [0.25, 0.3) is 0 Å². The molecule has 1 aliphatic heterocycles. The second kappa shape index (κ2) is 7.47. The van der Waals surface area contributed by atoms with Gasteiger partial charge in [-0.3, -0.25) is 19.3 Å². The fourth-order valence-electron chi connectivity index (χ4n) is 4.71. The van der Waals surface area contributed by atoms with Crippen molar-refractivity contribution in [1.82, 2.24) is 4.90 Å². The molecule has 1 heterocycles. The second-order valence-corrected chi connectivity index (χ2v) is 7.56. The number of imide groups is 1. The lowest BCUT2D eigenvalue weighted by Crippen LogP contribution is -2.39. The summed E-state index contributed by atoms with van der Waals surface area (Å²) in [6.07, 6.45) is 4.81. The van der Waals surface area contributed by atoms with E-state index in [1.54, 1.807) is 0 Å². The van der Waals surface area contributed by atoms with Gasteiger partial charge in [-0.25, -0.2) is 4.79 Å². The molecule has 1 aromatic rings. The predicted molar refractivity (Wildman–Crippen MR) is 104 cm³/mol. The van der Waals surface area contributed by atoms with E-state index < -0.39 is 18.4 Å². The first-order valence-corrected chi connectivity index (χ1v) is 9.57. The first-order chi connectivity index (χ1) is 14.4. The van der Waals surface area contributed by atoms with Gasteiger partial charge in [0.1, 0.15) is 6.54 Å². The number of likely N-dealkylation sites (tertiary alicyclic amines) is 1. The van der Waals surface area contributed by atoms with E-state index in [0.717, 1.165) is 11.3 Å². The summed E-state index contributed by atoms with van der Waals surface area (Å²) in [4.78, 5) is 51.4. The van der Waals surface area contributed by atoms with E-state index in [4.69, 9.17) is 14.2 Å². The Hall–Kier alpha value is -3.36. The van der Waals surface area contributed by atoms with Crippen LogP contribution in [0.2, 0.25) is 0 Å². The third kappa shape index (κ3) is 3.01. The van der Waals surface area contributed by atoms with E-state index in [1.165, 1.54) is 33.5 Å². The fourth-order valence-corrected chi connectivity index (χ4v) is 4.71. The summed E-state index contributed by atoms with van der Waals surface area (Å²) < 4.78 is 15.2. The van der Waals surface area contributed by atoms with E-state index >= 15 is 0 Å². The third-order valence-corrected chi connectivity index (χ3v) is 6.07.